The largest absolute Gasteiger partial charge is 0.496 e. The van der Waals surface area contributed by atoms with Gasteiger partial charge in [-0.05, 0) is 42.9 Å². The van der Waals surface area contributed by atoms with Crippen LogP contribution in [0.4, 0.5) is 0 Å². The second kappa shape index (κ2) is 8.48. The summed E-state index contributed by atoms with van der Waals surface area (Å²) in [5.74, 6) is 3.98. The molecule has 0 saturated heterocycles. The van der Waals surface area contributed by atoms with Crippen molar-refractivity contribution in [2.45, 2.75) is 44.9 Å². The number of methoxy groups -OCH3 is 1. The molecule has 0 heterocycles. The molecule has 1 amide bonds. The van der Waals surface area contributed by atoms with E-state index in [0.717, 1.165) is 24.3 Å². The Morgan fingerprint density at radius 2 is 2.14 bits per heavy atom. The molecule has 3 heteroatoms. The number of benzene rings is 1. The number of terminal acetylenes is 1. The van der Waals surface area contributed by atoms with E-state index in [1.54, 1.807) is 7.11 Å². The fourth-order valence-corrected chi connectivity index (χ4v) is 3.03. The molecule has 1 fully saturated rings. The minimum atomic E-state index is -0.0210. The molecular weight excluding hydrogens is 274 g/mol. The zero-order valence-corrected chi connectivity index (χ0v) is 13.4. The molecule has 0 spiro atoms. The molecule has 2 rings (SSSR count). The van der Waals surface area contributed by atoms with Gasteiger partial charge in [-0.15, -0.1) is 12.3 Å². The first-order valence-corrected chi connectivity index (χ1v) is 8.13. The molecule has 1 N–H and O–H groups in total. The van der Waals surface area contributed by atoms with Crippen molar-refractivity contribution in [1.29, 1.82) is 0 Å². The number of aryl methyl sites for hydroxylation is 1. The summed E-state index contributed by atoms with van der Waals surface area (Å²) in [6.07, 6.45) is 13.1. The van der Waals surface area contributed by atoms with E-state index >= 15 is 0 Å². The highest BCUT2D eigenvalue weighted by Crippen LogP contribution is 2.24. The Hall–Kier alpha value is -1.95. The van der Waals surface area contributed by atoms with Gasteiger partial charge in [0.15, 0.2) is 0 Å². The van der Waals surface area contributed by atoms with Crippen LogP contribution in [-0.4, -0.2) is 19.6 Å². The van der Waals surface area contributed by atoms with E-state index in [1.807, 2.05) is 18.2 Å². The highest BCUT2D eigenvalue weighted by atomic mass is 16.5. The number of nitrogens with one attached hydrogen (secondary N) is 1. The first kappa shape index (κ1) is 16.4. The summed E-state index contributed by atoms with van der Waals surface area (Å²) >= 11 is 0. The standard InChI is InChI=1S/C19H25NO2/c1-3-4-10-16-11-12-17(13-18(16)22-2)19(21)20-14-15-8-6-5-7-9-15/h1,11-13,15H,4-10,14H2,2H3,(H,20,21). The van der Waals surface area contributed by atoms with Crippen molar-refractivity contribution >= 4 is 5.91 Å². The van der Waals surface area contributed by atoms with Gasteiger partial charge in [0, 0.05) is 18.5 Å². The Kier molecular flexibility index (Phi) is 6.33. The normalized spacial score (nSPS) is 15.1. The zero-order valence-electron chi connectivity index (χ0n) is 13.4. The number of hydrogen-bond donors (Lipinski definition) is 1. The topological polar surface area (TPSA) is 38.3 Å². The lowest BCUT2D eigenvalue weighted by Gasteiger charge is -2.21. The van der Waals surface area contributed by atoms with E-state index in [9.17, 15) is 4.79 Å². The lowest BCUT2D eigenvalue weighted by molar-refractivity contribution is 0.0943. The quantitative estimate of drug-likeness (QED) is 0.816. The number of carbonyl (C=O) groups is 1. The van der Waals surface area contributed by atoms with Crippen LogP contribution in [0.1, 0.15) is 54.4 Å². The van der Waals surface area contributed by atoms with Crippen LogP contribution in [0.2, 0.25) is 0 Å². The SMILES string of the molecule is C#CCCc1ccc(C(=O)NCC2CCCCC2)cc1OC. The third-order valence-corrected chi connectivity index (χ3v) is 4.36. The summed E-state index contributed by atoms with van der Waals surface area (Å²) in [4.78, 5) is 12.3. The average molecular weight is 299 g/mol. The molecule has 1 saturated carbocycles. The first-order chi connectivity index (χ1) is 10.7. The molecule has 0 unspecified atom stereocenters. The summed E-state index contributed by atoms with van der Waals surface area (Å²) < 4.78 is 5.38. The van der Waals surface area contributed by atoms with Crippen molar-refractivity contribution in [3.63, 3.8) is 0 Å². The molecule has 22 heavy (non-hydrogen) atoms. The fraction of sp³-hybridized carbons (Fsp3) is 0.526. The van der Waals surface area contributed by atoms with Crippen molar-refractivity contribution in [3.05, 3.63) is 29.3 Å². The van der Waals surface area contributed by atoms with Crippen LogP contribution in [0.25, 0.3) is 0 Å². The maximum atomic E-state index is 12.3. The van der Waals surface area contributed by atoms with Crippen LogP contribution in [-0.2, 0) is 6.42 Å². The summed E-state index contributed by atoms with van der Waals surface area (Å²) in [7, 11) is 1.62. The predicted molar refractivity (Wildman–Crippen MR) is 89.1 cm³/mol. The monoisotopic (exact) mass is 299 g/mol. The minimum absolute atomic E-state index is 0.0210. The van der Waals surface area contributed by atoms with Crippen LogP contribution in [0.3, 0.4) is 0 Å². The number of amides is 1. The molecule has 1 aliphatic carbocycles. The maximum Gasteiger partial charge on any atom is 0.251 e. The van der Waals surface area contributed by atoms with Crippen molar-refractivity contribution in [2.75, 3.05) is 13.7 Å². The molecule has 0 radical (unpaired) electrons. The van der Waals surface area contributed by atoms with Crippen molar-refractivity contribution in [1.82, 2.24) is 5.32 Å². The highest BCUT2D eigenvalue weighted by Gasteiger charge is 2.15. The number of carbonyl (C=O) groups excluding carboxylic acids is 1. The molecule has 1 aliphatic rings. The van der Waals surface area contributed by atoms with E-state index in [1.165, 1.54) is 32.1 Å². The Balaban J connectivity index is 1.95. The molecular formula is C19H25NO2. The summed E-state index contributed by atoms with van der Waals surface area (Å²) in [6, 6.07) is 5.60. The molecule has 0 aromatic heterocycles. The molecule has 1 aromatic carbocycles. The molecule has 0 bridgehead atoms. The lowest BCUT2D eigenvalue weighted by Crippen LogP contribution is -2.30. The minimum Gasteiger partial charge on any atom is -0.496 e. The van der Waals surface area contributed by atoms with Crippen molar-refractivity contribution in [2.24, 2.45) is 5.92 Å². The van der Waals surface area contributed by atoms with Gasteiger partial charge in [0.05, 0.1) is 7.11 Å². The highest BCUT2D eigenvalue weighted by molar-refractivity contribution is 5.94. The number of rotatable bonds is 6. The summed E-state index contributed by atoms with van der Waals surface area (Å²) in [5, 5.41) is 3.06. The van der Waals surface area contributed by atoms with Gasteiger partial charge in [-0.2, -0.15) is 0 Å². The Bertz CT molecular complexity index is 539. The van der Waals surface area contributed by atoms with Gasteiger partial charge >= 0.3 is 0 Å². The van der Waals surface area contributed by atoms with Gasteiger partial charge in [0.2, 0.25) is 0 Å². The van der Waals surface area contributed by atoms with Gasteiger partial charge in [-0.1, -0.05) is 25.3 Å². The smallest absolute Gasteiger partial charge is 0.251 e. The van der Waals surface area contributed by atoms with Crippen LogP contribution in [0.15, 0.2) is 18.2 Å². The third kappa shape index (κ3) is 4.53. The van der Waals surface area contributed by atoms with Gasteiger partial charge in [-0.25, -0.2) is 0 Å². The molecule has 0 aliphatic heterocycles. The van der Waals surface area contributed by atoms with Gasteiger partial charge in [-0.3, -0.25) is 4.79 Å². The van der Waals surface area contributed by atoms with Crippen molar-refractivity contribution in [3.8, 4) is 18.1 Å². The van der Waals surface area contributed by atoms with E-state index < -0.39 is 0 Å². The van der Waals surface area contributed by atoms with Gasteiger partial charge in [0.25, 0.3) is 5.91 Å². The number of ether oxygens (including phenoxy) is 1. The summed E-state index contributed by atoms with van der Waals surface area (Å²) in [5.41, 5.74) is 1.70. The van der Waals surface area contributed by atoms with Crippen LogP contribution in [0.5, 0.6) is 5.75 Å². The van der Waals surface area contributed by atoms with Gasteiger partial charge in [0.1, 0.15) is 5.75 Å². The first-order valence-electron chi connectivity index (χ1n) is 8.13. The summed E-state index contributed by atoms with van der Waals surface area (Å²) in [6.45, 7) is 0.778. The van der Waals surface area contributed by atoms with Gasteiger partial charge < -0.3 is 10.1 Å². The molecule has 3 nitrogen and oxygen atoms in total. The average Bonchev–Trinajstić information content (AvgIpc) is 2.58. The van der Waals surface area contributed by atoms with Crippen molar-refractivity contribution < 1.29 is 9.53 Å². The molecule has 1 aromatic rings. The number of hydrogen-bond acceptors (Lipinski definition) is 2. The maximum absolute atomic E-state index is 12.3. The van der Waals surface area contributed by atoms with E-state index in [4.69, 9.17) is 11.2 Å². The van der Waals surface area contributed by atoms with Crippen LogP contribution in [0, 0.1) is 18.3 Å². The Morgan fingerprint density at radius 3 is 2.82 bits per heavy atom. The predicted octanol–water partition coefficient (Wildman–Crippen LogP) is 3.57. The second-order valence-corrected chi connectivity index (χ2v) is 5.94. The van der Waals surface area contributed by atoms with Crippen LogP contribution < -0.4 is 10.1 Å². The lowest BCUT2D eigenvalue weighted by atomic mass is 9.89. The third-order valence-electron chi connectivity index (χ3n) is 4.36. The second-order valence-electron chi connectivity index (χ2n) is 5.94. The van der Waals surface area contributed by atoms with Crippen LogP contribution >= 0.6 is 0 Å². The van der Waals surface area contributed by atoms with E-state index in [-0.39, 0.29) is 5.91 Å². The molecule has 0 atom stereocenters. The van der Waals surface area contributed by atoms with E-state index in [2.05, 4.69) is 11.2 Å². The Labute approximate surface area is 133 Å². The molecule has 118 valence electrons. The fourth-order valence-electron chi connectivity index (χ4n) is 3.03. The zero-order chi connectivity index (χ0) is 15.8. The van der Waals surface area contributed by atoms with E-state index in [0.29, 0.717) is 17.9 Å². The Morgan fingerprint density at radius 1 is 1.36 bits per heavy atom.